The van der Waals surface area contributed by atoms with E-state index < -0.39 is 0 Å². The summed E-state index contributed by atoms with van der Waals surface area (Å²) in [5, 5.41) is 0. The first kappa shape index (κ1) is 9.09. The average molecular weight is 153 g/mol. The largest absolute Gasteiger partial charge is 0.0654 e. The monoisotopic (exact) mass is 153 g/mol. The first-order valence-corrected chi connectivity index (χ1v) is 5.16. The number of hydrogen-bond acceptors (Lipinski definition) is 0. The molecule has 0 heteroatoms. The third-order valence-corrected chi connectivity index (χ3v) is 2.87. The zero-order valence-electron chi connectivity index (χ0n) is 8.03. The molecule has 0 saturated heterocycles. The standard InChI is InChI=1S/C11H21/c1-3-4-5-11-8-6-10(2)7-9-11/h10H,3-9H2,1-2H3. The Hall–Kier alpha value is 0. The summed E-state index contributed by atoms with van der Waals surface area (Å²) in [7, 11) is 0. The molecule has 0 aliphatic heterocycles. The van der Waals surface area contributed by atoms with Crippen LogP contribution in [0.15, 0.2) is 0 Å². The lowest BCUT2D eigenvalue weighted by Crippen LogP contribution is -2.10. The van der Waals surface area contributed by atoms with Crippen LogP contribution in [-0.2, 0) is 0 Å². The highest BCUT2D eigenvalue weighted by Crippen LogP contribution is 2.32. The summed E-state index contributed by atoms with van der Waals surface area (Å²) in [4.78, 5) is 0. The molecule has 0 nitrogen and oxygen atoms in total. The van der Waals surface area contributed by atoms with Crippen LogP contribution in [0, 0.1) is 11.8 Å². The van der Waals surface area contributed by atoms with Crippen LogP contribution >= 0.6 is 0 Å². The van der Waals surface area contributed by atoms with E-state index in [-0.39, 0.29) is 0 Å². The maximum absolute atomic E-state index is 2.39. The molecule has 1 saturated carbocycles. The molecule has 0 heterocycles. The van der Waals surface area contributed by atoms with Crippen LogP contribution in [0.25, 0.3) is 0 Å². The highest BCUT2D eigenvalue weighted by atomic mass is 14.2. The van der Waals surface area contributed by atoms with Gasteiger partial charge in [0.05, 0.1) is 0 Å². The van der Waals surface area contributed by atoms with Crippen LogP contribution in [-0.4, -0.2) is 0 Å². The van der Waals surface area contributed by atoms with Gasteiger partial charge in [-0.25, -0.2) is 0 Å². The molecule has 0 unspecified atom stereocenters. The normalized spacial score (nSPS) is 22.4. The van der Waals surface area contributed by atoms with Gasteiger partial charge in [-0.05, 0) is 31.1 Å². The van der Waals surface area contributed by atoms with Crippen LogP contribution in [0.3, 0.4) is 0 Å². The van der Waals surface area contributed by atoms with Gasteiger partial charge in [-0.3, -0.25) is 0 Å². The van der Waals surface area contributed by atoms with Gasteiger partial charge in [0.15, 0.2) is 0 Å². The van der Waals surface area contributed by atoms with E-state index >= 15 is 0 Å². The second kappa shape index (κ2) is 4.79. The van der Waals surface area contributed by atoms with E-state index in [9.17, 15) is 0 Å². The summed E-state index contributed by atoms with van der Waals surface area (Å²) in [5.74, 6) is 2.85. The highest BCUT2D eigenvalue weighted by Gasteiger charge is 2.17. The zero-order valence-corrected chi connectivity index (χ0v) is 8.03. The topological polar surface area (TPSA) is 0 Å². The van der Waals surface area contributed by atoms with Gasteiger partial charge in [-0.2, -0.15) is 0 Å². The zero-order chi connectivity index (χ0) is 8.10. The lowest BCUT2D eigenvalue weighted by Gasteiger charge is -2.25. The van der Waals surface area contributed by atoms with E-state index in [1.54, 1.807) is 0 Å². The average Bonchev–Trinajstić information content (AvgIpc) is 2.04. The number of rotatable bonds is 3. The molecule has 0 amide bonds. The molecule has 0 spiro atoms. The second-order valence-electron chi connectivity index (χ2n) is 4.04. The fourth-order valence-electron chi connectivity index (χ4n) is 1.85. The first-order valence-electron chi connectivity index (χ1n) is 5.16. The Morgan fingerprint density at radius 3 is 2.45 bits per heavy atom. The van der Waals surface area contributed by atoms with Crippen molar-refractivity contribution in [2.24, 2.45) is 5.92 Å². The van der Waals surface area contributed by atoms with Crippen molar-refractivity contribution >= 4 is 0 Å². The van der Waals surface area contributed by atoms with Crippen LogP contribution in [0.1, 0.15) is 58.8 Å². The molecule has 1 fully saturated rings. The molecule has 0 N–H and O–H groups in total. The molecule has 11 heavy (non-hydrogen) atoms. The third-order valence-electron chi connectivity index (χ3n) is 2.87. The lowest BCUT2D eigenvalue weighted by molar-refractivity contribution is 0.390. The maximum atomic E-state index is 2.39. The van der Waals surface area contributed by atoms with Crippen molar-refractivity contribution in [3.8, 4) is 0 Å². The van der Waals surface area contributed by atoms with E-state index in [0.717, 1.165) is 5.92 Å². The van der Waals surface area contributed by atoms with E-state index in [1.807, 2.05) is 5.92 Å². The Morgan fingerprint density at radius 2 is 1.91 bits per heavy atom. The van der Waals surface area contributed by atoms with Crippen molar-refractivity contribution in [1.82, 2.24) is 0 Å². The summed E-state index contributed by atoms with van der Waals surface area (Å²) in [6.07, 6.45) is 9.98. The molecular formula is C11H21. The van der Waals surface area contributed by atoms with Gasteiger partial charge in [-0.15, -0.1) is 0 Å². The van der Waals surface area contributed by atoms with Gasteiger partial charge in [-0.1, -0.05) is 39.5 Å². The number of unbranched alkanes of at least 4 members (excludes halogenated alkanes) is 1. The van der Waals surface area contributed by atoms with Gasteiger partial charge < -0.3 is 0 Å². The lowest BCUT2D eigenvalue weighted by atomic mass is 9.81. The fourth-order valence-corrected chi connectivity index (χ4v) is 1.85. The predicted molar refractivity (Wildman–Crippen MR) is 50.4 cm³/mol. The summed E-state index contributed by atoms with van der Waals surface area (Å²) < 4.78 is 0. The SMILES string of the molecule is CCCC[C]1CCC(C)CC1. The Kier molecular flexibility index (Phi) is 3.96. The van der Waals surface area contributed by atoms with Crippen molar-refractivity contribution in [2.75, 3.05) is 0 Å². The Bertz CT molecular complexity index is 85.5. The minimum absolute atomic E-state index is 1.00. The van der Waals surface area contributed by atoms with E-state index in [4.69, 9.17) is 0 Å². The highest BCUT2D eigenvalue weighted by molar-refractivity contribution is 4.93. The maximum Gasteiger partial charge on any atom is -0.0241 e. The van der Waals surface area contributed by atoms with Gasteiger partial charge >= 0.3 is 0 Å². The van der Waals surface area contributed by atoms with Gasteiger partial charge in [0.25, 0.3) is 0 Å². The smallest absolute Gasteiger partial charge is 0.0241 e. The van der Waals surface area contributed by atoms with Crippen molar-refractivity contribution in [1.29, 1.82) is 0 Å². The number of hydrogen-bond donors (Lipinski definition) is 0. The fraction of sp³-hybridized carbons (Fsp3) is 0.909. The van der Waals surface area contributed by atoms with Gasteiger partial charge in [0.2, 0.25) is 0 Å². The molecule has 1 aliphatic carbocycles. The summed E-state index contributed by atoms with van der Waals surface area (Å²) >= 11 is 0. The molecule has 0 aromatic heterocycles. The van der Waals surface area contributed by atoms with E-state index in [0.29, 0.717) is 0 Å². The third kappa shape index (κ3) is 3.27. The predicted octanol–water partition coefficient (Wildman–Crippen LogP) is 3.96. The molecular weight excluding hydrogens is 132 g/mol. The molecule has 1 rings (SSSR count). The van der Waals surface area contributed by atoms with E-state index in [1.165, 1.54) is 44.9 Å². The molecule has 0 aromatic rings. The van der Waals surface area contributed by atoms with Crippen molar-refractivity contribution < 1.29 is 0 Å². The Balaban J connectivity index is 2.07. The quantitative estimate of drug-likeness (QED) is 0.575. The van der Waals surface area contributed by atoms with Crippen molar-refractivity contribution in [3.63, 3.8) is 0 Å². The summed E-state index contributed by atoms with van der Waals surface area (Å²) in [6, 6.07) is 0. The summed E-state index contributed by atoms with van der Waals surface area (Å²) in [6.45, 7) is 4.67. The summed E-state index contributed by atoms with van der Waals surface area (Å²) in [5.41, 5.74) is 0. The first-order chi connectivity index (χ1) is 5.33. The molecule has 0 atom stereocenters. The van der Waals surface area contributed by atoms with E-state index in [2.05, 4.69) is 13.8 Å². The van der Waals surface area contributed by atoms with Crippen molar-refractivity contribution in [2.45, 2.75) is 58.8 Å². The molecule has 0 aromatic carbocycles. The van der Waals surface area contributed by atoms with Gasteiger partial charge in [0, 0.05) is 0 Å². The Labute approximate surface area is 71.4 Å². The molecule has 1 radical (unpaired) electrons. The van der Waals surface area contributed by atoms with Crippen molar-refractivity contribution in [3.05, 3.63) is 5.92 Å². The van der Waals surface area contributed by atoms with Crippen LogP contribution in [0.2, 0.25) is 0 Å². The van der Waals surface area contributed by atoms with Gasteiger partial charge in [0.1, 0.15) is 0 Å². The van der Waals surface area contributed by atoms with Crippen LogP contribution in [0.4, 0.5) is 0 Å². The minimum Gasteiger partial charge on any atom is -0.0654 e. The van der Waals surface area contributed by atoms with Crippen LogP contribution < -0.4 is 0 Å². The molecule has 0 bridgehead atoms. The molecule has 1 aliphatic rings. The minimum atomic E-state index is 1.00. The Morgan fingerprint density at radius 1 is 1.27 bits per heavy atom. The van der Waals surface area contributed by atoms with Crippen LogP contribution in [0.5, 0.6) is 0 Å². The molecule has 65 valence electrons. The second-order valence-corrected chi connectivity index (χ2v) is 4.04.